The van der Waals surface area contributed by atoms with Crippen molar-refractivity contribution in [3.8, 4) is 6.07 Å². The van der Waals surface area contributed by atoms with Crippen LogP contribution in [-0.2, 0) is 0 Å². The van der Waals surface area contributed by atoms with Crippen LogP contribution in [0.15, 0.2) is 17.2 Å². The molecule has 0 radical (unpaired) electrons. The lowest BCUT2D eigenvalue weighted by atomic mass is 10.3. The van der Waals surface area contributed by atoms with Gasteiger partial charge in [-0.05, 0) is 24.3 Å². The van der Waals surface area contributed by atoms with Crippen molar-refractivity contribution in [2.75, 3.05) is 11.5 Å². The summed E-state index contributed by atoms with van der Waals surface area (Å²) in [6.45, 7) is 2.11. The Morgan fingerprint density at radius 1 is 1.62 bits per heavy atom. The summed E-state index contributed by atoms with van der Waals surface area (Å²) in [5.74, 6) is 1.02. The molecule has 0 unspecified atom stereocenters. The molecule has 13 heavy (non-hydrogen) atoms. The summed E-state index contributed by atoms with van der Waals surface area (Å²) in [5, 5.41) is 9.53. The molecule has 0 aliphatic rings. The van der Waals surface area contributed by atoms with Crippen LogP contribution in [0.4, 0.5) is 5.69 Å². The lowest BCUT2D eigenvalue weighted by Crippen LogP contribution is -1.94. The molecule has 0 atom stereocenters. The van der Waals surface area contributed by atoms with E-state index in [1.54, 1.807) is 17.8 Å². The Kier molecular flexibility index (Phi) is 3.59. The standard InChI is InChI=1S/C9H11N3S/c1-2-5-13-9-4-3-7(11)8(6-10)12-9/h3-4H,2,5,11H2,1H3. The molecule has 1 heterocycles. The summed E-state index contributed by atoms with van der Waals surface area (Å²) < 4.78 is 0. The zero-order chi connectivity index (χ0) is 9.68. The second-order valence-corrected chi connectivity index (χ2v) is 3.66. The molecule has 0 amide bonds. The van der Waals surface area contributed by atoms with E-state index in [1.807, 2.05) is 12.1 Å². The lowest BCUT2D eigenvalue weighted by molar-refractivity contribution is 1.07. The van der Waals surface area contributed by atoms with Crippen molar-refractivity contribution in [1.82, 2.24) is 4.98 Å². The SMILES string of the molecule is CCCSc1ccc(N)c(C#N)n1. The molecule has 1 aromatic heterocycles. The Morgan fingerprint density at radius 2 is 2.38 bits per heavy atom. The first kappa shape index (κ1) is 9.87. The van der Waals surface area contributed by atoms with E-state index in [0.29, 0.717) is 11.4 Å². The Bertz CT molecular complexity index is 330. The zero-order valence-electron chi connectivity index (χ0n) is 7.45. The van der Waals surface area contributed by atoms with Gasteiger partial charge in [0.05, 0.1) is 10.7 Å². The minimum absolute atomic E-state index is 0.320. The molecular formula is C9H11N3S. The van der Waals surface area contributed by atoms with Crippen LogP contribution < -0.4 is 5.73 Å². The fourth-order valence-electron chi connectivity index (χ4n) is 0.829. The Labute approximate surface area is 82.0 Å². The third kappa shape index (κ3) is 2.63. The Morgan fingerprint density at radius 3 is 3.00 bits per heavy atom. The van der Waals surface area contributed by atoms with Crippen molar-refractivity contribution in [1.29, 1.82) is 5.26 Å². The molecule has 2 N–H and O–H groups in total. The number of nitrogen functional groups attached to an aromatic ring is 1. The fourth-order valence-corrected chi connectivity index (χ4v) is 1.56. The zero-order valence-corrected chi connectivity index (χ0v) is 8.27. The van der Waals surface area contributed by atoms with Gasteiger partial charge in [0.15, 0.2) is 5.69 Å². The van der Waals surface area contributed by atoms with Crippen molar-refractivity contribution in [3.05, 3.63) is 17.8 Å². The molecule has 4 heteroatoms. The molecule has 68 valence electrons. The number of aromatic nitrogens is 1. The number of nitrogens with zero attached hydrogens (tertiary/aromatic N) is 2. The maximum Gasteiger partial charge on any atom is 0.164 e. The largest absolute Gasteiger partial charge is 0.396 e. The average molecular weight is 193 g/mol. The maximum atomic E-state index is 8.67. The normalized spacial score (nSPS) is 9.54. The topological polar surface area (TPSA) is 62.7 Å². The quantitative estimate of drug-likeness (QED) is 0.746. The molecule has 0 aliphatic carbocycles. The van der Waals surface area contributed by atoms with Crippen molar-refractivity contribution < 1.29 is 0 Å². The van der Waals surface area contributed by atoms with Gasteiger partial charge in [-0.3, -0.25) is 0 Å². The van der Waals surface area contributed by atoms with Crippen LogP contribution in [0.3, 0.4) is 0 Å². The first-order valence-corrected chi connectivity index (χ1v) is 5.06. The van der Waals surface area contributed by atoms with Crippen LogP contribution in [0.5, 0.6) is 0 Å². The molecule has 1 aromatic rings. The predicted molar refractivity (Wildman–Crippen MR) is 54.4 cm³/mol. The molecule has 0 aromatic carbocycles. The van der Waals surface area contributed by atoms with Crippen molar-refractivity contribution in [3.63, 3.8) is 0 Å². The third-order valence-electron chi connectivity index (χ3n) is 1.46. The number of nitriles is 1. The van der Waals surface area contributed by atoms with Crippen LogP contribution in [-0.4, -0.2) is 10.7 Å². The molecule has 3 nitrogen and oxygen atoms in total. The number of rotatable bonds is 3. The van der Waals surface area contributed by atoms with Gasteiger partial charge in [0.25, 0.3) is 0 Å². The van der Waals surface area contributed by atoms with E-state index in [1.165, 1.54) is 0 Å². The summed E-state index contributed by atoms with van der Waals surface area (Å²) in [6, 6.07) is 5.53. The van der Waals surface area contributed by atoms with Gasteiger partial charge < -0.3 is 5.73 Å². The number of anilines is 1. The van der Waals surface area contributed by atoms with Gasteiger partial charge in [-0.1, -0.05) is 6.92 Å². The highest BCUT2D eigenvalue weighted by atomic mass is 32.2. The molecule has 0 bridgehead atoms. The van der Waals surface area contributed by atoms with Gasteiger partial charge in [-0.15, -0.1) is 11.8 Å². The highest BCUT2D eigenvalue weighted by Crippen LogP contribution is 2.18. The molecule has 0 saturated heterocycles. The molecular weight excluding hydrogens is 182 g/mol. The van der Waals surface area contributed by atoms with E-state index >= 15 is 0 Å². The van der Waals surface area contributed by atoms with Crippen LogP contribution in [0.25, 0.3) is 0 Å². The minimum Gasteiger partial charge on any atom is -0.396 e. The second kappa shape index (κ2) is 4.73. The lowest BCUT2D eigenvalue weighted by Gasteiger charge is -2.00. The van der Waals surface area contributed by atoms with Gasteiger partial charge in [-0.25, -0.2) is 4.98 Å². The minimum atomic E-state index is 0.320. The highest BCUT2D eigenvalue weighted by Gasteiger charge is 2.01. The van der Waals surface area contributed by atoms with Gasteiger partial charge in [0.1, 0.15) is 6.07 Å². The molecule has 1 rings (SSSR count). The summed E-state index contributed by atoms with van der Waals surface area (Å²) in [4.78, 5) is 4.11. The van der Waals surface area contributed by atoms with Gasteiger partial charge >= 0.3 is 0 Å². The van der Waals surface area contributed by atoms with Gasteiger partial charge in [-0.2, -0.15) is 5.26 Å². The van der Waals surface area contributed by atoms with Crippen LogP contribution in [0.1, 0.15) is 19.0 Å². The molecule has 0 spiro atoms. The summed E-state index contributed by atoms with van der Waals surface area (Å²) in [5.41, 5.74) is 6.30. The van der Waals surface area contributed by atoms with E-state index in [2.05, 4.69) is 11.9 Å². The van der Waals surface area contributed by atoms with E-state index in [9.17, 15) is 0 Å². The third-order valence-corrected chi connectivity index (χ3v) is 2.60. The van der Waals surface area contributed by atoms with Crippen LogP contribution >= 0.6 is 11.8 Å². The average Bonchev–Trinajstić information content (AvgIpc) is 2.16. The van der Waals surface area contributed by atoms with Gasteiger partial charge in [0, 0.05) is 0 Å². The number of hydrogen-bond acceptors (Lipinski definition) is 4. The maximum absolute atomic E-state index is 8.67. The van der Waals surface area contributed by atoms with E-state index in [4.69, 9.17) is 11.0 Å². The first-order chi connectivity index (χ1) is 6.27. The summed E-state index contributed by atoms with van der Waals surface area (Å²) >= 11 is 1.64. The predicted octanol–water partition coefficient (Wildman–Crippen LogP) is 2.04. The second-order valence-electron chi connectivity index (χ2n) is 2.55. The van der Waals surface area contributed by atoms with Crippen molar-refractivity contribution in [2.45, 2.75) is 18.4 Å². The molecule has 0 fully saturated rings. The Balaban J connectivity index is 2.82. The van der Waals surface area contributed by atoms with Gasteiger partial charge in [0.2, 0.25) is 0 Å². The summed E-state index contributed by atoms with van der Waals surface area (Å²) in [7, 11) is 0. The fraction of sp³-hybridized carbons (Fsp3) is 0.333. The van der Waals surface area contributed by atoms with Crippen LogP contribution in [0, 0.1) is 11.3 Å². The summed E-state index contributed by atoms with van der Waals surface area (Å²) in [6.07, 6.45) is 1.10. The van der Waals surface area contributed by atoms with Crippen LogP contribution in [0.2, 0.25) is 0 Å². The molecule has 0 aliphatic heterocycles. The smallest absolute Gasteiger partial charge is 0.164 e. The van der Waals surface area contributed by atoms with E-state index < -0.39 is 0 Å². The van der Waals surface area contributed by atoms with Crippen molar-refractivity contribution >= 4 is 17.4 Å². The number of hydrogen-bond donors (Lipinski definition) is 1. The van der Waals surface area contributed by atoms with E-state index in [-0.39, 0.29) is 0 Å². The number of thioether (sulfide) groups is 1. The monoisotopic (exact) mass is 193 g/mol. The Hall–Kier alpha value is -1.21. The number of nitrogens with two attached hydrogens (primary N) is 1. The highest BCUT2D eigenvalue weighted by molar-refractivity contribution is 7.99. The molecule has 0 saturated carbocycles. The van der Waals surface area contributed by atoms with Crippen molar-refractivity contribution in [2.24, 2.45) is 0 Å². The number of pyridine rings is 1. The van der Waals surface area contributed by atoms with E-state index in [0.717, 1.165) is 17.2 Å². The first-order valence-electron chi connectivity index (χ1n) is 4.07.